The highest BCUT2D eigenvalue weighted by molar-refractivity contribution is 5.73. The van der Waals surface area contributed by atoms with E-state index in [1.165, 1.54) is 12.1 Å². The van der Waals surface area contributed by atoms with E-state index < -0.39 is 11.7 Å². The predicted molar refractivity (Wildman–Crippen MR) is 72.5 cm³/mol. The molecular weight excluding hydrogens is 285 g/mol. The van der Waals surface area contributed by atoms with E-state index in [4.69, 9.17) is 5.11 Å². The monoisotopic (exact) mass is 304 g/mol. The SMILES string of the molecule is CC(CCO)CNC(=O)NCc1ccc(C(F)(F)F)cc1. The Hall–Kier alpha value is -1.76. The molecule has 1 rings (SSSR count). The van der Waals surface area contributed by atoms with Crippen LogP contribution in [0.5, 0.6) is 0 Å². The van der Waals surface area contributed by atoms with Crippen molar-refractivity contribution in [1.82, 2.24) is 10.6 Å². The summed E-state index contributed by atoms with van der Waals surface area (Å²) in [6.07, 6.45) is -3.76. The summed E-state index contributed by atoms with van der Waals surface area (Å²) in [7, 11) is 0. The molecule has 2 amide bonds. The van der Waals surface area contributed by atoms with E-state index >= 15 is 0 Å². The molecule has 0 spiro atoms. The van der Waals surface area contributed by atoms with Crippen molar-refractivity contribution in [2.45, 2.75) is 26.1 Å². The molecule has 0 radical (unpaired) electrons. The Kier molecular flexibility index (Phi) is 6.48. The smallest absolute Gasteiger partial charge is 0.396 e. The lowest BCUT2D eigenvalue weighted by Gasteiger charge is -2.12. The van der Waals surface area contributed by atoms with E-state index in [0.29, 0.717) is 18.5 Å². The lowest BCUT2D eigenvalue weighted by Crippen LogP contribution is -2.37. The van der Waals surface area contributed by atoms with Gasteiger partial charge in [-0.2, -0.15) is 13.2 Å². The third-order valence-corrected chi connectivity index (χ3v) is 2.97. The van der Waals surface area contributed by atoms with Gasteiger partial charge in [-0.15, -0.1) is 0 Å². The highest BCUT2D eigenvalue weighted by atomic mass is 19.4. The molecule has 1 atom stereocenters. The summed E-state index contributed by atoms with van der Waals surface area (Å²) in [5, 5.41) is 13.9. The molecule has 21 heavy (non-hydrogen) atoms. The number of hydrogen-bond acceptors (Lipinski definition) is 2. The molecule has 0 saturated heterocycles. The summed E-state index contributed by atoms with van der Waals surface area (Å²) >= 11 is 0. The molecule has 1 aromatic carbocycles. The van der Waals surface area contributed by atoms with E-state index in [1.54, 1.807) is 0 Å². The van der Waals surface area contributed by atoms with Gasteiger partial charge in [0.15, 0.2) is 0 Å². The van der Waals surface area contributed by atoms with Crippen LogP contribution in [0.1, 0.15) is 24.5 Å². The van der Waals surface area contributed by atoms with Crippen LogP contribution in [0.15, 0.2) is 24.3 Å². The standard InChI is InChI=1S/C14H19F3N2O2/c1-10(6-7-20)8-18-13(21)19-9-11-2-4-12(5-3-11)14(15,16)17/h2-5,10,20H,6-9H2,1H3,(H2,18,19,21). The molecule has 0 aliphatic carbocycles. The maximum Gasteiger partial charge on any atom is 0.416 e. The molecule has 0 bridgehead atoms. The van der Waals surface area contributed by atoms with Crippen molar-refractivity contribution in [1.29, 1.82) is 0 Å². The zero-order valence-corrected chi connectivity index (χ0v) is 11.7. The normalized spacial score (nSPS) is 12.8. The summed E-state index contributed by atoms with van der Waals surface area (Å²) in [5.41, 5.74) is -0.130. The predicted octanol–water partition coefficient (Wildman–Crippen LogP) is 2.52. The van der Waals surface area contributed by atoms with Crippen LogP contribution in [-0.2, 0) is 12.7 Å². The highest BCUT2D eigenvalue weighted by Gasteiger charge is 2.29. The molecule has 4 nitrogen and oxygen atoms in total. The van der Waals surface area contributed by atoms with Gasteiger partial charge in [0.1, 0.15) is 0 Å². The van der Waals surface area contributed by atoms with Gasteiger partial charge in [-0.3, -0.25) is 0 Å². The molecule has 0 aliphatic heterocycles. The fraction of sp³-hybridized carbons (Fsp3) is 0.500. The zero-order chi connectivity index (χ0) is 15.9. The number of carbonyl (C=O) groups excluding carboxylic acids is 1. The van der Waals surface area contributed by atoms with Gasteiger partial charge in [0, 0.05) is 19.7 Å². The van der Waals surface area contributed by atoms with Crippen LogP contribution in [0.25, 0.3) is 0 Å². The quantitative estimate of drug-likeness (QED) is 0.756. The second kappa shape index (κ2) is 7.87. The van der Waals surface area contributed by atoms with E-state index in [1.807, 2.05) is 6.92 Å². The highest BCUT2D eigenvalue weighted by Crippen LogP contribution is 2.28. The number of hydrogen-bond donors (Lipinski definition) is 3. The lowest BCUT2D eigenvalue weighted by atomic mass is 10.1. The van der Waals surface area contributed by atoms with E-state index in [9.17, 15) is 18.0 Å². The Morgan fingerprint density at radius 2 is 1.86 bits per heavy atom. The maximum absolute atomic E-state index is 12.4. The van der Waals surface area contributed by atoms with Gasteiger partial charge in [0.25, 0.3) is 0 Å². The molecule has 0 aromatic heterocycles. The lowest BCUT2D eigenvalue weighted by molar-refractivity contribution is -0.137. The average Bonchev–Trinajstić information content (AvgIpc) is 2.43. The second-order valence-corrected chi connectivity index (χ2v) is 4.88. The molecule has 7 heteroatoms. The number of amides is 2. The van der Waals surface area contributed by atoms with Gasteiger partial charge >= 0.3 is 12.2 Å². The minimum atomic E-state index is -4.35. The zero-order valence-electron chi connectivity index (χ0n) is 11.7. The van der Waals surface area contributed by atoms with Gasteiger partial charge in [0.05, 0.1) is 5.56 Å². The van der Waals surface area contributed by atoms with Gasteiger partial charge in [-0.1, -0.05) is 19.1 Å². The van der Waals surface area contributed by atoms with E-state index in [0.717, 1.165) is 12.1 Å². The van der Waals surface area contributed by atoms with Crippen LogP contribution in [-0.4, -0.2) is 24.3 Å². The Balaban J connectivity index is 2.36. The topological polar surface area (TPSA) is 61.4 Å². The van der Waals surface area contributed by atoms with Crippen molar-refractivity contribution in [2.24, 2.45) is 5.92 Å². The van der Waals surface area contributed by atoms with Crippen LogP contribution in [0.3, 0.4) is 0 Å². The minimum absolute atomic E-state index is 0.0655. The minimum Gasteiger partial charge on any atom is -0.396 e. The first-order valence-electron chi connectivity index (χ1n) is 6.61. The van der Waals surface area contributed by atoms with Crippen molar-refractivity contribution in [3.8, 4) is 0 Å². The molecular formula is C14H19F3N2O2. The third-order valence-electron chi connectivity index (χ3n) is 2.97. The Labute approximate surface area is 121 Å². The first-order chi connectivity index (χ1) is 9.82. The third kappa shape index (κ3) is 6.48. The van der Waals surface area contributed by atoms with Crippen LogP contribution in [0.2, 0.25) is 0 Å². The number of aliphatic hydroxyl groups is 1. The van der Waals surface area contributed by atoms with Crippen LogP contribution in [0, 0.1) is 5.92 Å². The molecule has 3 N–H and O–H groups in total. The Morgan fingerprint density at radius 3 is 2.38 bits per heavy atom. The number of aliphatic hydroxyl groups excluding tert-OH is 1. The van der Waals surface area contributed by atoms with Crippen molar-refractivity contribution in [2.75, 3.05) is 13.2 Å². The maximum atomic E-state index is 12.4. The number of benzene rings is 1. The summed E-state index contributed by atoms with van der Waals surface area (Å²) in [5.74, 6) is 0.159. The van der Waals surface area contributed by atoms with Crippen LogP contribution < -0.4 is 10.6 Å². The molecule has 118 valence electrons. The largest absolute Gasteiger partial charge is 0.416 e. The van der Waals surface area contributed by atoms with Crippen molar-refractivity contribution >= 4 is 6.03 Å². The van der Waals surface area contributed by atoms with Gasteiger partial charge in [0.2, 0.25) is 0 Å². The fourth-order valence-corrected chi connectivity index (χ4v) is 1.65. The van der Waals surface area contributed by atoms with Gasteiger partial charge in [-0.05, 0) is 30.0 Å². The number of rotatable bonds is 6. The average molecular weight is 304 g/mol. The number of urea groups is 1. The summed E-state index contributed by atoms with van der Waals surface area (Å²) < 4.78 is 37.1. The molecule has 0 heterocycles. The Bertz CT molecular complexity index is 447. The van der Waals surface area contributed by atoms with Crippen molar-refractivity contribution in [3.05, 3.63) is 35.4 Å². The molecule has 1 aromatic rings. The van der Waals surface area contributed by atoms with E-state index in [-0.39, 0.29) is 25.1 Å². The molecule has 0 aliphatic rings. The molecule has 0 fully saturated rings. The number of carbonyl (C=O) groups is 1. The van der Waals surface area contributed by atoms with Crippen molar-refractivity contribution in [3.63, 3.8) is 0 Å². The first kappa shape index (κ1) is 17.3. The van der Waals surface area contributed by atoms with Crippen molar-refractivity contribution < 1.29 is 23.1 Å². The Morgan fingerprint density at radius 1 is 1.24 bits per heavy atom. The number of alkyl halides is 3. The molecule has 1 unspecified atom stereocenters. The van der Waals surface area contributed by atoms with Gasteiger partial charge in [-0.25, -0.2) is 4.79 Å². The summed E-state index contributed by atoms with van der Waals surface area (Å²) in [6.45, 7) is 2.54. The fourth-order valence-electron chi connectivity index (χ4n) is 1.65. The first-order valence-corrected chi connectivity index (χ1v) is 6.61. The number of nitrogens with one attached hydrogen (secondary N) is 2. The number of halogens is 3. The summed E-state index contributed by atoms with van der Waals surface area (Å²) in [6, 6.07) is 4.24. The second-order valence-electron chi connectivity index (χ2n) is 4.88. The molecule has 0 saturated carbocycles. The summed E-state index contributed by atoms with van der Waals surface area (Å²) in [4.78, 5) is 11.5. The van der Waals surface area contributed by atoms with E-state index in [2.05, 4.69) is 10.6 Å². The van der Waals surface area contributed by atoms with Gasteiger partial charge < -0.3 is 15.7 Å². The van der Waals surface area contributed by atoms with Crippen LogP contribution >= 0.6 is 0 Å². The van der Waals surface area contributed by atoms with Crippen LogP contribution in [0.4, 0.5) is 18.0 Å².